The molecule has 4 heteroatoms. The summed E-state index contributed by atoms with van der Waals surface area (Å²) < 4.78 is 4.96. The lowest BCUT2D eigenvalue weighted by Gasteiger charge is -2.25. The number of para-hydroxylation sites is 2. The van der Waals surface area contributed by atoms with E-state index in [0.29, 0.717) is 0 Å². The Labute approximate surface area is 294 Å². The van der Waals surface area contributed by atoms with E-state index in [4.69, 9.17) is 4.99 Å². The van der Waals surface area contributed by atoms with Crippen LogP contribution in [-0.2, 0) is 0 Å². The molecule has 7 aromatic carbocycles. The van der Waals surface area contributed by atoms with E-state index in [1.165, 1.54) is 58.8 Å². The first kappa shape index (κ1) is 28.8. The smallest absolute Gasteiger partial charge is 0.145 e. The molecule has 1 aliphatic rings. The Morgan fingerprint density at radius 1 is 0.520 bits per heavy atom. The Bertz CT molecular complexity index is 2770. The minimum atomic E-state index is -0.167. The van der Waals surface area contributed by atoms with Gasteiger partial charge in [0.25, 0.3) is 0 Å². The predicted octanol–water partition coefficient (Wildman–Crippen LogP) is 12.0. The summed E-state index contributed by atoms with van der Waals surface area (Å²) in [5, 5.41) is 8.85. The fourth-order valence-electron chi connectivity index (χ4n) is 7.49. The Morgan fingerprint density at radius 3 is 2.08 bits per heavy atom. The Kier molecular flexibility index (Phi) is 6.74. The number of nitrogens with zero attached hydrogens (tertiary/aromatic N) is 2. The van der Waals surface area contributed by atoms with Crippen LogP contribution in [0.15, 0.2) is 181 Å². The molecule has 1 unspecified atom stereocenters. The van der Waals surface area contributed by atoms with E-state index in [1.54, 1.807) is 0 Å². The van der Waals surface area contributed by atoms with Gasteiger partial charge in [0.05, 0.1) is 16.7 Å². The van der Waals surface area contributed by atoms with Gasteiger partial charge in [-0.15, -0.1) is 11.3 Å². The topological polar surface area (TPSA) is 29.3 Å². The molecule has 10 rings (SSSR count). The number of nitrogens with one attached hydrogen (secondary N) is 1. The van der Waals surface area contributed by atoms with Gasteiger partial charge in [0, 0.05) is 42.3 Å². The van der Waals surface area contributed by atoms with Crippen LogP contribution in [0, 0.1) is 0 Å². The first-order valence-corrected chi connectivity index (χ1v) is 17.8. The highest BCUT2D eigenvalue weighted by Crippen LogP contribution is 2.42. The van der Waals surface area contributed by atoms with Gasteiger partial charge in [-0.05, 0) is 76.4 Å². The zero-order chi connectivity index (χ0) is 33.0. The van der Waals surface area contributed by atoms with E-state index >= 15 is 0 Å². The van der Waals surface area contributed by atoms with Crippen LogP contribution in [0.1, 0.15) is 22.9 Å². The van der Waals surface area contributed by atoms with Crippen LogP contribution in [0.25, 0.3) is 64.5 Å². The molecule has 50 heavy (non-hydrogen) atoms. The van der Waals surface area contributed by atoms with Crippen molar-refractivity contribution in [2.75, 3.05) is 0 Å². The normalized spacial score (nSPS) is 14.6. The van der Waals surface area contributed by atoms with Crippen LogP contribution >= 0.6 is 11.3 Å². The van der Waals surface area contributed by atoms with E-state index in [2.05, 4.69) is 186 Å². The number of hydrogen-bond acceptors (Lipinski definition) is 3. The zero-order valence-electron chi connectivity index (χ0n) is 27.1. The molecule has 3 nitrogen and oxygen atoms in total. The highest BCUT2D eigenvalue weighted by molar-refractivity contribution is 7.25. The van der Waals surface area contributed by atoms with Gasteiger partial charge in [-0.3, -0.25) is 4.99 Å². The number of allylic oxidation sites excluding steroid dienone is 1. The number of benzene rings is 7. The van der Waals surface area contributed by atoms with Gasteiger partial charge >= 0.3 is 0 Å². The van der Waals surface area contributed by atoms with Crippen molar-refractivity contribution in [3.63, 3.8) is 0 Å². The van der Waals surface area contributed by atoms with E-state index in [1.807, 2.05) is 11.3 Å². The van der Waals surface area contributed by atoms with Crippen LogP contribution in [0.4, 0.5) is 0 Å². The van der Waals surface area contributed by atoms with Crippen molar-refractivity contribution < 1.29 is 0 Å². The first-order chi connectivity index (χ1) is 24.8. The fourth-order valence-corrected chi connectivity index (χ4v) is 8.61. The van der Waals surface area contributed by atoms with Gasteiger partial charge in [-0.25, -0.2) is 0 Å². The molecule has 0 saturated heterocycles. The molecule has 0 bridgehead atoms. The highest BCUT2D eigenvalue weighted by atomic mass is 32.1. The van der Waals surface area contributed by atoms with Crippen molar-refractivity contribution in [1.82, 2.24) is 9.88 Å². The van der Waals surface area contributed by atoms with Crippen molar-refractivity contribution in [2.45, 2.75) is 6.17 Å². The molecule has 1 aliphatic heterocycles. The first-order valence-electron chi connectivity index (χ1n) is 17.0. The summed E-state index contributed by atoms with van der Waals surface area (Å²) in [6, 6.07) is 60.9. The molecule has 3 heterocycles. The maximum absolute atomic E-state index is 5.13. The van der Waals surface area contributed by atoms with Gasteiger partial charge in [0.15, 0.2) is 0 Å². The summed E-state index contributed by atoms with van der Waals surface area (Å²) in [4.78, 5) is 5.13. The predicted molar refractivity (Wildman–Crippen MR) is 212 cm³/mol. The lowest BCUT2D eigenvalue weighted by atomic mass is 9.98. The van der Waals surface area contributed by atoms with Crippen molar-refractivity contribution in [1.29, 1.82) is 0 Å². The second-order valence-corrected chi connectivity index (χ2v) is 13.9. The molecule has 0 saturated carbocycles. The number of thiophene rings is 1. The van der Waals surface area contributed by atoms with E-state index in [0.717, 1.165) is 28.1 Å². The third-order valence-electron chi connectivity index (χ3n) is 9.83. The molecule has 236 valence electrons. The molecular weight excluding hydrogens is 627 g/mol. The van der Waals surface area contributed by atoms with Crippen molar-refractivity contribution in [3.8, 4) is 16.8 Å². The Balaban J connectivity index is 1.08. The van der Waals surface area contributed by atoms with Crippen LogP contribution in [0.2, 0.25) is 0 Å². The van der Waals surface area contributed by atoms with Crippen LogP contribution in [0.5, 0.6) is 0 Å². The fraction of sp³-hybridized carbons (Fsp3) is 0.0217. The molecule has 1 N–H and O–H groups in total. The summed E-state index contributed by atoms with van der Waals surface area (Å²) in [7, 11) is 0. The maximum atomic E-state index is 5.13. The number of rotatable bonds is 5. The average Bonchev–Trinajstić information content (AvgIpc) is 3.74. The van der Waals surface area contributed by atoms with Crippen LogP contribution < -0.4 is 5.32 Å². The molecule has 0 radical (unpaired) electrons. The SMILES string of the molecule is C1=C(c2ccc3sc4cc(-c5cccc6c5c5ccccc5n6-c5ccccc5)ccc4c3c2)NC(c2ccccc2)N=C1c1ccccc1. The van der Waals surface area contributed by atoms with E-state index in [-0.39, 0.29) is 6.17 Å². The molecular formula is C46H31N3S. The molecule has 0 amide bonds. The number of aliphatic imine (C=N–C) groups is 1. The summed E-state index contributed by atoms with van der Waals surface area (Å²) in [6.07, 6.45) is 2.02. The minimum absolute atomic E-state index is 0.167. The second kappa shape index (κ2) is 11.7. The van der Waals surface area contributed by atoms with Crippen LogP contribution in [0.3, 0.4) is 0 Å². The van der Waals surface area contributed by atoms with Gasteiger partial charge in [-0.2, -0.15) is 0 Å². The Morgan fingerprint density at radius 2 is 1.24 bits per heavy atom. The zero-order valence-corrected chi connectivity index (χ0v) is 27.9. The minimum Gasteiger partial charge on any atom is -0.360 e. The number of hydrogen-bond donors (Lipinski definition) is 1. The van der Waals surface area contributed by atoms with Gasteiger partial charge in [0.1, 0.15) is 6.17 Å². The van der Waals surface area contributed by atoms with Gasteiger partial charge in [0.2, 0.25) is 0 Å². The maximum Gasteiger partial charge on any atom is 0.145 e. The molecule has 0 aliphatic carbocycles. The Hall–Kier alpha value is -6.23. The second-order valence-electron chi connectivity index (χ2n) is 12.8. The third kappa shape index (κ3) is 4.76. The quantitative estimate of drug-likeness (QED) is 0.196. The highest BCUT2D eigenvalue weighted by Gasteiger charge is 2.21. The van der Waals surface area contributed by atoms with Gasteiger partial charge in [-0.1, -0.05) is 127 Å². The summed E-state index contributed by atoms with van der Waals surface area (Å²) in [5.41, 5.74) is 11.6. The van der Waals surface area contributed by atoms with Crippen molar-refractivity contribution in [3.05, 3.63) is 193 Å². The molecule has 9 aromatic rings. The summed E-state index contributed by atoms with van der Waals surface area (Å²) in [6.45, 7) is 0. The molecule has 0 spiro atoms. The number of aromatic nitrogens is 1. The standard InChI is InChI=1S/C46H31N3S/c1-4-13-30(14-5-1)39-29-40(48-46(47-39)31-15-6-2-7-16-31)33-24-26-43-38(27-33)36-25-23-32(28-44(36)50-43)35-20-12-22-42-45(35)37-19-10-11-21-41(37)49(42)34-17-8-3-9-18-34/h1-29,46,48H. The monoisotopic (exact) mass is 657 g/mol. The van der Waals surface area contributed by atoms with E-state index in [9.17, 15) is 0 Å². The van der Waals surface area contributed by atoms with Crippen molar-refractivity contribution in [2.24, 2.45) is 4.99 Å². The molecule has 0 fully saturated rings. The third-order valence-corrected chi connectivity index (χ3v) is 11.0. The molecule has 2 aromatic heterocycles. The van der Waals surface area contributed by atoms with E-state index < -0.39 is 0 Å². The summed E-state index contributed by atoms with van der Waals surface area (Å²) in [5.74, 6) is 0. The number of fused-ring (bicyclic) bond motifs is 6. The van der Waals surface area contributed by atoms with Gasteiger partial charge < -0.3 is 9.88 Å². The largest absolute Gasteiger partial charge is 0.360 e. The van der Waals surface area contributed by atoms with Crippen molar-refractivity contribution >= 4 is 64.7 Å². The lowest BCUT2D eigenvalue weighted by Crippen LogP contribution is -2.24. The average molecular weight is 658 g/mol. The lowest BCUT2D eigenvalue weighted by molar-refractivity contribution is 0.664. The summed E-state index contributed by atoms with van der Waals surface area (Å²) >= 11 is 1.86. The van der Waals surface area contributed by atoms with Crippen LogP contribution in [-0.4, -0.2) is 10.3 Å². The molecule has 1 atom stereocenters.